The standard InChI is InChI=1S/C15H29N3O2S2.HI/c1-4-16-13(17-10-14(2)6-5-9-21-14)18-11-15(7-8-15)12-22(3,19)20;/h4-12H2,1-3H3,(H2,16,17,18);1H. The van der Waals surface area contributed by atoms with Crippen molar-refractivity contribution in [3.8, 4) is 0 Å². The lowest BCUT2D eigenvalue weighted by Crippen LogP contribution is -2.44. The number of nitrogens with one attached hydrogen (secondary N) is 2. The third-order valence-electron chi connectivity index (χ3n) is 4.37. The zero-order valence-electron chi connectivity index (χ0n) is 14.4. The largest absolute Gasteiger partial charge is 0.357 e. The molecule has 1 saturated carbocycles. The Morgan fingerprint density at radius 3 is 2.43 bits per heavy atom. The predicted molar refractivity (Wildman–Crippen MR) is 111 cm³/mol. The van der Waals surface area contributed by atoms with Crippen molar-refractivity contribution in [3.05, 3.63) is 0 Å². The minimum atomic E-state index is -2.93. The zero-order valence-corrected chi connectivity index (χ0v) is 18.3. The third kappa shape index (κ3) is 7.37. The van der Waals surface area contributed by atoms with Crippen LogP contribution in [0.1, 0.15) is 39.5 Å². The summed E-state index contributed by atoms with van der Waals surface area (Å²) >= 11 is 2.02. The molecule has 0 amide bonds. The number of halogens is 1. The molecule has 8 heteroatoms. The Balaban J connectivity index is 0.00000264. The van der Waals surface area contributed by atoms with E-state index in [1.807, 2.05) is 18.7 Å². The Kier molecular flexibility index (Phi) is 7.98. The van der Waals surface area contributed by atoms with Gasteiger partial charge in [0.05, 0.1) is 5.75 Å². The van der Waals surface area contributed by atoms with E-state index in [0.717, 1.165) is 31.9 Å². The molecule has 23 heavy (non-hydrogen) atoms. The summed E-state index contributed by atoms with van der Waals surface area (Å²) in [6.45, 7) is 6.66. The van der Waals surface area contributed by atoms with E-state index in [1.165, 1.54) is 24.9 Å². The Labute approximate surface area is 162 Å². The van der Waals surface area contributed by atoms with Crippen molar-refractivity contribution in [1.82, 2.24) is 10.6 Å². The van der Waals surface area contributed by atoms with Crippen LogP contribution in [0.5, 0.6) is 0 Å². The molecule has 2 aliphatic rings. The van der Waals surface area contributed by atoms with Gasteiger partial charge in [0.25, 0.3) is 0 Å². The van der Waals surface area contributed by atoms with Crippen molar-refractivity contribution >= 4 is 51.5 Å². The molecule has 0 aromatic carbocycles. The third-order valence-corrected chi connectivity index (χ3v) is 7.05. The minimum absolute atomic E-state index is 0. The van der Waals surface area contributed by atoms with Crippen LogP contribution in [0.15, 0.2) is 4.99 Å². The number of hydrogen-bond acceptors (Lipinski definition) is 4. The quantitative estimate of drug-likeness (QED) is 0.336. The average molecular weight is 475 g/mol. The molecule has 2 N–H and O–H groups in total. The maximum atomic E-state index is 11.5. The molecule has 2 fully saturated rings. The van der Waals surface area contributed by atoms with E-state index in [9.17, 15) is 8.42 Å². The monoisotopic (exact) mass is 475 g/mol. The average Bonchev–Trinajstić information content (AvgIpc) is 3.02. The number of guanidine groups is 1. The van der Waals surface area contributed by atoms with E-state index >= 15 is 0 Å². The molecular formula is C15H30IN3O2S2. The fraction of sp³-hybridized carbons (Fsp3) is 0.933. The van der Waals surface area contributed by atoms with Gasteiger partial charge in [-0.15, -0.1) is 24.0 Å². The molecule has 1 atom stereocenters. The van der Waals surface area contributed by atoms with Crippen LogP contribution in [-0.4, -0.2) is 56.5 Å². The molecule has 1 heterocycles. The van der Waals surface area contributed by atoms with Gasteiger partial charge in [0.1, 0.15) is 9.84 Å². The fourth-order valence-corrected chi connectivity index (χ4v) is 5.65. The van der Waals surface area contributed by atoms with Crippen molar-refractivity contribution < 1.29 is 8.42 Å². The molecule has 5 nitrogen and oxygen atoms in total. The van der Waals surface area contributed by atoms with Gasteiger partial charge < -0.3 is 10.6 Å². The van der Waals surface area contributed by atoms with Crippen LogP contribution in [0.2, 0.25) is 0 Å². The van der Waals surface area contributed by atoms with Gasteiger partial charge in [-0.3, -0.25) is 4.99 Å². The van der Waals surface area contributed by atoms with Gasteiger partial charge in [0, 0.05) is 36.1 Å². The van der Waals surface area contributed by atoms with Crippen LogP contribution in [-0.2, 0) is 9.84 Å². The van der Waals surface area contributed by atoms with Crippen LogP contribution in [0.25, 0.3) is 0 Å². The second-order valence-electron chi connectivity index (χ2n) is 7.02. The molecule has 0 spiro atoms. The number of sulfone groups is 1. The number of aliphatic imine (C=N–C) groups is 1. The lowest BCUT2D eigenvalue weighted by molar-refractivity contribution is 0.547. The zero-order chi connectivity index (χ0) is 16.3. The fourth-order valence-electron chi connectivity index (χ4n) is 2.92. The minimum Gasteiger partial charge on any atom is -0.357 e. The Hall–Kier alpha value is 0.300. The van der Waals surface area contributed by atoms with Crippen molar-refractivity contribution in [2.45, 2.75) is 44.3 Å². The molecule has 0 aromatic heterocycles. The van der Waals surface area contributed by atoms with Crippen molar-refractivity contribution in [2.24, 2.45) is 10.4 Å². The predicted octanol–water partition coefficient (Wildman–Crippen LogP) is 2.27. The Morgan fingerprint density at radius 1 is 1.26 bits per heavy atom. The normalized spacial score (nSPS) is 26.5. The first-order valence-corrected chi connectivity index (χ1v) is 11.1. The highest BCUT2D eigenvalue weighted by atomic mass is 127. The molecule has 0 bridgehead atoms. The molecule has 136 valence electrons. The van der Waals surface area contributed by atoms with Crippen LogP contribution in [0, 0.1) is 5.41 Å². The first-order valence-electron chi connectivity index (χ1n) is 8.10. The SMILES string of the molecule is CCNC(=NCC1(CS(C)(=O)=O)CC1)NCC1(C)CCCS1.I. The van der Waals surface area contributed by atoms with Gasteiger partial charge in [-0.2, -0.15) is 11.8 Å². The maximum absolute atomic E-state index is 11.5. The smallest absolute Gasteiger partial charge is 0.191 e. The summed E-state index contributed by atoms with van der Waals surface area (Å²) in [6.07, 6.45) is 5.78. The van der Waals surface area contributed by atoms with E-state index in [1.54, 1.807) is 0 Å². The topological polar surface area (TPSA) is 70.6 Å². The van der Waals surface area contributed by atoms with Gasteiger partial charge in [0.15, 0.2) is 5.96 Å². The second-order valence-corrected chi connectivity index (χ2v) is 10.8. The summed E-state index contributed by atoms with van der Waals surface area (Å²) in [5.41, 5.74) is -0.109. The molecular weight excluding hydrogens is 445 g/mol. The van der Waals surface area contributed by atoms with Gasteiger partial charge >= 0.3 is 0 Å². The Morgan fingerprint density at radius 2 is 1.96 bits per heavy atom. The van der Waals surface area contributed by atoms with Crippen LogP contribution < -0.4 is 10.6 Å². The maximum Gasteiger partial charge on any atom is 0.191 e. The summed E-state index contributed by atoms with van der Waals surface area (Å²) in [4.78, 5) is 4.64. The number of nitrogens with zero attached hydrogens (tertiary/aromatic N) is 1. The molecule has 2 rings (SSSR count). The summed E-state index contributed by atoms with van der Waals surface area (Å²) < 4.78 is 23.3. The van der Waals surface area contributed by atoms with Crippen molar-refractivity contribution in [1.29, 1.82) is 0 Å². The lowest BCUT2D eigenvalue weighted by atomic mass is 10.1. The lowest BCUT2D eigenvalue weighted by Gasteiger charge is -2.24. The molecule has 1 saturated heterocycles. The van der Waals surface area contributed by atoms with Gasteiger partial charge in [-0.25, -0.2) is 8.42 Å². The van der Waals surface area contributed by atoms with Crippen LogP contribution >= 0.6 is 35.7 Å². The molecule has 1 unspecified atom stereocenters. The number of rotatable bonds is 7. The summed E-state index contributed by atoms with van der Waals surface area (Å²) in [5.74, 6) is 2.32. The van der Waals surface area contributed by atoms with Crippen LogP contribution in [0.4, 0.5) is 0 Å². The number of thioether (sulfide) groups is 1. The highest BCUT2D eigenvalue weighted by molar-refractivity contribution is 14.0. The first-order chi connectivity index (χ1) is 10.3. The van der Waals surface area contributed by atoms with E-state index in [0.29, 0.717) is 11.3 Å². The molecule has 1 aliphatic carbocycles. The molecule has 0 aromatic rings. The van der Waals surface area contributed by atoms with Crippen molar-refractivity contribution in [2.75, 3.05) is 37.4 Å². The van der Waals surface area contributed by atoms with E-state index in [2.05, 4.69) is 22.5 Å². The van der Waals surface area contributed by atoms with Gasteiger partial charge in [0.2, 0.25) is 0 Å². The summed E-state index contributed by atoms with van der Waals surface area (Å²) in [5, 5.41) is 6.70. The van der Waals surface area contributed by atoms with Gasteiger partial charge in [-0.1, -0.05) is 0 Å². The van der Waals surface area contributed by atoms with Gasteiger partial charge in [-0.05, 0) is 45.3 Å². The van der Waals surface area contributed by atoms with E-state index in [4.69, 9.17) is 0 Å². The number of hydrogen-bond donors (Lipinski definition) is 2. The summed E-state index contributed by atoms with van der Waals surface area (Å²) in [7, 11) is -2.93. The second kappa shape index (κ2) is 8.60. The molecule has 0 radical (unpaired) electrons. The highest BCUT2D eigenvalue weighted by Crippen LogP contribution is 2.46. The summed E-state index contributed by atoms with van der Waals surface area (Å²) in [6, 6.07) is 0. The Bertz CT molecular complexity index is 513. The van der Waals surface area contributed by atoms with Crippen molar-refractivity contribution in [3.63, 3.8) is 0 Å². The van der Waals surface area contributed by atoms with E-state index in [-0.39, 0.29) is 35.1 Å². The first kappa shape index (κ1) is 21.3. The van der Waals surface area contributed by atoms with Crippen LogP contribution in [0.3, 0.4) is 0 Å². The van der Waals surface area contributed by atoms with E-state index < -0.39 is 9.84 Å². The highest BCUT2D eigenvalue weighted by Gasteiger charge is 2.45. The molecule has 1 aliphatic heterocycles.